The van der Waals surface area contributed by atoms with Gasteiger partial charge in [-0.3, -0.25) is 23.5 Å². The fourth-order valence-electron chi connectivity index (χ4n) is 6.42. The van der Waals surface area contributed by atoms with Crippen LogP contribution in [0.1, 0.15) is 67.2 Å². The highest BCUT2D eigenvalue weighted by molar-refractivity contribution is 5.94. The van der Waals surface area contributed by atoms with Gasteiger partial charge in [0.2, 0.25) is 17.4 Å². The number of ether oxygens (including phenoxy) is 1. The Morgan fingerprint density at radius 1 is 0.770 bits per heavy atom. The molecule has 0 spiro atoms. The number of primary amides is 2. The Bertz CT molecular complexity index is 2120. The number of hydrogen-bond acceptors (Lipinski definition) is 10. The van der Waals surface area contributed by atoms with Crippen LogP contribution in [0.15, 0.2) is 73.6 Å². The van der Waals surface area contributed by atoms with E-state index in [4.69, 9.17) is 26.1 Å². The Morgan fingerprint density at radius 3 is 1.54 bits per heavy atom. The van der Waals surface area contributed by atoms with Crippen LogP contribution in [-0.2, 0) is 9.53 Å². The molecular formula is C41H55Cl2N10O8+. The van der Waals surface area contributed by atoms with E-state index in [0.717, 1.165) is 38.4 Å². The molecule has 6 N–H and O–H groups in total. The van der Waals surface area contributed by atoms with Gasteiger partial charge in [-0.25, -0.2) is 24.4 Å². The molecule has 20 heteroatoms. The normalized spacial score (nSPS) is 14.0. The van der Waals surface area contributed by atoms with E-state index in [1.807, 2.05) is 13.1 Å². The average Bonchev–Trinajstić information content (AvgIpc) is 3.91. The van der Waals surface area contributed by atoms with Crippen molar-refractivity contribution < 1.29 is 38.6 Å². The smallest absolute Gasteiger partial charge is 0.413 e. The first-order chi connectivity index (χ1) is 27.8. The molecule has 0 radical (unpaired) electrons. The Morgan fingerprint density at radius 2 is 1.16 bits per heavy atom. The highest BCUT2D eigenvalue weighted by Gasteiger charge is 2.32. The standard InChI is InChI=1S/C22H27N5O4.C17H21N5O2.C2H4O2.2ClH/c1-22(2,3)31-21(30)26-10-8-17(9-11-26)25(4)20(29)27-13-18(24-14-27)15-6-5-7-16(12-15)19(23)28;1-21(14-5-7-19-8-6-14)17(24)22-10-15(20-11-22)12-3-2-4-13(9-12)16(18)23;1-2(3)4;;/h5-7,12-14,17H,1,8-11H2,2-4H3,(H-,23,28);2-4,9-11,14,19H,5-8H2,1H3,(H2,18,23);1H3,(H,3,4);2*1H/p+1. The van der Waals surface area contributed by atoms with Gasteiger partial charge in [0.15, 0.2) is 0 Å². The summed E-state index contributed by atoms with van der Waals surface area (Å²) in [5, 5.41) is 10.7. The Labute approximate surface area is 367 Å². The number of nitrogens with zero attached hydrogens (tertiary/aromatic N) is 7. The van der Waals surface area contributed by atoms with Crippen LogP contribution < -0.4 is 16.8 Å². The van der Waals surface area contributed by atoms with Crippen molar-refractivity contribution in [2.75, 3.05) is 40.3 Å². The fraction of sp³-hybridized carbons (Fsp3) is 0.390. The van der Waals surface area contributed by atoms with Crippen LogP contribution in [0.2, 0.25) is 0 Å². The summed E-state index contributed by atoms with van der Waals surface area (Å²) in [6.07, 6.45) is 9.08. The Balaban J connectivity index is 0.000000383. The van der Waals surface area contributed by atoms with E-state index in [1.54, 1.807) is 90.5 Å². The second-order valence-electron chi connectivity index (χ2n) is 14.9. The highest BCUT2D eigenvalue weighted by atomic mass is 35.5. The molecule has 0 unspecified atom stereocenters. The Hall–Kier alpha value is -6.11. The lowest BCUT2D eigenvalue weighted by atomic mass is 10.0. The van der Waals surface area contributed by atoms with Crippen LogP contribution >= 0.6 is 24.8 Å². The lowest BCUT2D eigenvalue weighted by molar-refractivity contribution is -0.134. The van der Waals surface area contributed by atoms with E-state index < -0.39 is 23.4 Å². The third kappa shape index (κ3) is 14.8. The molecule has 2 aromatic carbocycles. The van der Waals surface area contributed by atoms with Gasteiger partial charge >= 0.3 is 18.2 Å². The highest BCUT2D eigenvalue weighted by Crippen LogP contribution is 2.23. The van der Waals surface area contributed by atoms with Gasteiger partial charge in [0, 0.05) is 94.7 Å². The zero-order valence-corrected chi connectivity index (χ0v) is 36.5. The minimum Gasteiger partial charge on any atom is -0.481 e. The number of likely N-dealkylation sites (tertiary alicyclic amines) is 1. The van der Waals surface area contributed by atoms with Crippen LogP contribution in [0.3, 0.4) is 0 Å². The first-order valence-corrected chi connectivity index (χ1v) is 19.0. The summed E-state index contributed by atoms with van der Waals surface area (Å²) >= 11 is 0. The van der Waals surface area contributed by atoms with Crippen molar-refractivity contribution in [2.24, 2.45) is 11.5 Å². The summed E-state index contributed by atoms with van der Waals surface area (Å²) in [7, 11) is 3.57. The lowest BCUT2D eigenvalue weighted by Crippen LogP contribution is -2.49. The number of amides is 5. The molecule has 2 saturated heterocycles. The first kappa shape index (κ1) is 51.0. The number of nitrogens with one attached hydrogen (secondary N) is 1. The maximum absolute atomic E-state index is 12.9. The molecule has 2 aliphatic rings. The van der Waals surface area contributed by atoms with E-state index >= 15 is 0 Å². The SMILES string of the molecule is CC(=O)O.CN(C(=O)n1cnc(-c2cccc(C(N)=O)c2)c1)C1CCNCC1.Cl.Cl.[CH2+]C(C)(C)OC(=O)N1CCC(N(C)C(=O)n2cnc(-c3cccc(C(N)=O)c3)c2)CC1. The number of carbonyl (C=O) groups is 6. The molecule has 18 nitrogen and oxygen atoms in total. The van der Waals surface area contributed by atoms with Crippen molar-refractivity contribution in [2.45, 2.75) is 64.1 Å². The van der Waals surface area contributed by atoms with Crippen LogP contribution in [-0.4, -0.2) is 133 Å². The van der Waals surface area contributed by atoms with Crippen molar-refractivity contribution in [1.29, 1.82) is 0 Å². The number of piperidine rings is 2. The van der Waals surface area contributed by atoms with Gasteiger partial charge in [-0.2, -0.15) is 0 Å². The molecule has 2 aromatic heterocycles. The third-order valence-electron chi connectivity index (χ3n) is 9.59. The molecule has 2 aliphatic heterocycles. The third-order valence-corrected chi connectivity index (χ3v) is 9.59. The summed E-state index contributed by atoms with van der Waals surface area (Å²) in [5.74, 6) is -1.84. The number of imidazole rings is 2. The number of nitrogens with two attached hydrogens (primary N) is 2. The van der Waals surface area contributed by atoms with E-state index in [2.05, 4.69) is 22.2 Å². The summed E-state index contributed by atoms with van der Waals surface area (Å²) in [6.45, 7) is 11.2. The van der Waals surface area contributed by atoms with Crippen LogP contribution in [0.4, 0.5) is 14.4 Å². The molecule has 0 saturated carbocycles. The van der Waals surface area contributed by atoms with Crippen molar-refractivity contribution in [3.8, 4) is 22.5 Å². The second kappa shape index (κ2) is 23.0. The van der Waals surface area contributed by atoms with Crippen LogP contribution in [0.5, 0.6) is 0 Å². The van der Waals surface area contributed by atoms with Gasteiger partial charge < -0.3 is 41.3 Å². The number of benzene rings is 2. The molecule has 5 amide bonds. The quantitative estimate of drug-likeness (QED) is 0.180. The van der Waals surface area contributed by atoms with Crippen molar-refractivity contribution in [3.63, 3.8) is 0 Å². The summed E-state index contributed by atoms with van der Waals surface area (Å²) in [4.78, 5) is 83.1. The largest absolute Gasteiger partial charge is 0.481 e. The van der Waals surface area contributed by atoms with Crippen LogP contribution in [0, 0.1) is 6.92 Å². The monoisotopic (exact) mass is 885 g/mol. The number of carbonyl (C=O) groups excluding carboxylic acids is 5. The number of aromatic nitrogens is 4. The van der Waals surface area contributed by atoms with Gasteiger partial charge in [0.25, 0.3) is 5.97 Å². The lowest BCUT2D eigenvalue weighted by Gasteiger charge is -2.36. The number of carboxylic acids is 1. The van der Waals surface area contributed by atoms with E-state index in [9.17, 15) is 24.0 Å². The number of rotatable bonds is 7. The number of aliphatic carboxylic acids is 1. The molecule has 2 fully saturated rings. The molecule has 61 heavy (non-hydrogen) atoms. The minimum absolute atomic E-state index is 0. The number of halogens is 2. The Kier molecular flexibility index (Phi) is 19.3. The topological polar surface area (TPSA) is 241 Å². The molecular weight excluding hydrogens is 831 g/mol. The van der Waals surface area contributed by atoms with E-state index in [-0.39, 0.29) is 55.1 Å². The van der Waals surface area contributed by atoms with Crippen molar-refractivity contribution in [1.82, 2.24) is 39.1 Å². The molecule has 4 aromatic rings. The molecule has 0 aliphatic carbocycles. The maximum atomic E-state index is 12.9. The average molecular weight is 887 g/mol. The van der Waals surface area contributed by atoms with E-state index in [0.29, 0.717) is 54.0 Å². The van der Waals surface area contributed by atoms with Gasteiger partial charge in [0.1, 0.15) is 19.6 Å². The summed E-state index contributed by atoms with van der Waals surface area (Å²) in [5.41, 5.74) is 13.3. The summed E-state index contributed by atoms with van der Waals surface area (Å²) < 4.78 is 8.21. The molecule has 0 atom stereocenters. The predicted octanol–water partition coefficient (Wildman–Crippen LogP) is 5.00. The fourth-order valence-corrected chi connectivity index (χ4v) is 6.42. The number of carboxylic acid groups (broad SMARTS) is 1. The molecule has 4 heterocycles. The summed E-state index contributed by atoms with van der Waals surface area (Å²) in [6, 6.07) is 13.6. The van der Waals surface area contributed by atoms with E-state index in [1.165, 1.54) is 21.8 Å². The second-order valence-corrected chi connectivity index (χ2v) is 14.9. The van der Waals surface area contributed by atoms with Gasteiger partial charge in [0.05, 0.1) is 11.4 Å². The predicted molar refractivity (Wildman–Crippen MR) is 234 cm³/mol. The zero-order valence-electron chi connectivity index (χ0n) is 34.9. The molecule has 330 valence electrons. The van der Waals surface area contributed by atoms with Gasteiger partial charge in [-0.05, 0) is 63.0 Å². The molecule has 6 rings (SSSR count). The van der Waals surface area contributed by atoms with Gasteiger partial charge in [-0.15, -0.1) is 24.8 Å². The van der Waals surface area contributed by atoms with Crippen LogP contribution in [0.25, 0.3) is 22.5 Å². The van der Waals surface area contributed by atoms with Crippen molar-refractivity contribution in [3.05, 3.63) is 91.6 Å². The molecule has 0 bridgehead atoms. The zero-order chi connectivity index (χ0) is 43.4. The first-order valence-electron chi connectivity index (χ1n) is 19.0. The van der Waals surface area contributed by atoms with Crippen molar-refractivity contribution >= 4 is 60.8 Å². The minimum atomic E-state index is -0.833. The maximum Gasteiger partial charge on any atom is 0.413 e. The number of hydrogen-bond donors (Lipinski definition) is 4. The van der Waals surface area contributed by atoms with Gasteiger partial charge in [-0.1, -0.05) is 24.3 Å².